The number of hydrogen-bond donors (Lipinski definition) is 2. The molecule has 4 nitrogen and oxygen atoms in total. The molecule has 25 heavy (non-hydrogen) atoms. The smallest absolute Gasteiger partial charge is 0.255 e. The summed E-state index contributed by atoms with van der Waals surface area (Å²) in [6.07, 6.45) is 4.19. The first-order chi connectivity index (χ1) is 12.2. The van der Waals surface area contributed by atoms with Gasteiger partial charge in [0, 0.05) is 23.8 Å². The van der Waals surface area contributed by atoms with E-state index in [4.69, 9.17) is 0 Å². The van der Waals surface area contributed by atoms with E-state index >= 15 is 0 Å². The number of rotatable bonds is 6. The predicted molar refractivity (Wildman–Crippen MR) is 103 cm³/mol. The van der Waals surface area contributed by atoms with Crippen molar-refractivity contribution in [2.24, 2.45) is 0 Å². The van der Waals surface area contributed by atoms with Crippen LogP contribution in [0, 0.1) is 0 Å². The van der Waals surface area contributed by atoms with Crippen LogP contribution in [0.15, 0.2) is 67.4 Å². The number of anilines is 2. The fraction of sp³-hybridized carbons (Fsp3) is 0.143. The van der Waals surface area contributed by atoms with Gasteiger partial charge in [-0.25, -0.2) is 0 Å². The molecule has 1 aromatic heterocycles. The minimum Gasteiger partial charge on any atom is -0.354 e. The Morgan fingerprint density at radius 1 is 1.16 bits per heavy atom. The molecule has 3 aromatic rings. The lowest BCUT2D eigenvalue weighted by molar-refractivity contribution is 0.0958. The summed E-state index contributed by atoms with van der Waals surface area (Å²) in [6, 6.07) is 15.9. The second-order valence-electron chi connectivity index (χ2n) is 5.70. The van der Waals surface area contributed by atoms with Gasteiger partial charge in [-0.05, 0) is 24.1 Å². The highest BCUT2D eigenvalue weighted by atomic mass is 16.1. The van der Waals surface area contributed by atoms with Crippen molar-refractivity contribution in [3.63, 3.8) is 0 Å². The van der Waals surface area contributed by atoms with E-state index in [2.05, 4.69) is 35.2 Å². The maximum Gasteiger partial charge on any atom is 0.255 e. The topological polar surface area (TPSA) is 54.0 Å². The lowest BCUT2D eigenvalue weighted by Crippen LogP contribution is -2.24. The lowest BCUT2D eigenvalue weighted by atomic mass is 10.0. The third-order valence-corrected chi connectivity index (χ3v) is 4.06. The predicted octanol–water partition coefficient (Wildman–Crippen LogP) is 4.46. The van der Waals surface area contributed by atoms with Crippen molar-refractivity contribution in [3.8, 4) is 0 Å². The van der Waals surface area contributed by atoms with E-state index in [1.54, 1.807) is 12.3 Å². The van der Waals surface area contributed by atoms with Gasteiger partial charge in [0.25, 0.3) is 5.91 Å². The Kier molecular flexibility index (Phi) is 5.09. The van der Waals surface area contributed by atoms with E-state index in [0.717, 1.165) is 34.3 Å². The minimum absolute atomic E-state index is 0.172. The second kappa shape index (κ2) is 7.62. The molecule has 0 saturated heterocycles. The Labute approximate surface area is 147 Å². The Morgan fingerprint density at radius 3 is 2.68 bits per heavy atom. The van der Waals surface area contributed by atoms with Crippen molar-refractivity contribution in [1.82, 2.24) is 10.3 Å². The van der Waals surface area contributed by atoms with Gasteiger partial charge in [-0.15, -0.1) is 6.58 Å². The van der Waals surface area contributed by atoms with Gasteiger partial charge in [-0.3, -0.25) is 9.78 Å². The Morgan fingerprint density at radius 2 is 1.96 bits per heavy atom. The average Bonchev–Trinajstić information content (AvgIpc) is 2.66. The van der Waals surface area contributed by atoms with E-state index in [1.807, 2.05) is 42.5 Å². The summed E-state index contributed by atoms with van der Waals surface area (Å²) in [5, 5.41) is 7.17. The molecule has 0 saturated carbocycles. The van der Waals surface area contributed by atoms with Crippen LogP contribution in [0.3, 0.4) is 0 Å². The van der Waals surface area contributed by atoms with Gasteiger partial charge in [-0.1, -0.05) is 49.4 Å². The third kappa shape index (κ3) is 3.53. The summed E-state index contributed by atoms with van der Waals surface area (Å²) in [5.74, 6) is -0.172. The van der Waals surface area contributed by atoms with Crippen molar-refractivity contribution >= 4 is 28.2 Å². The molecule has 0 bridgehead atoms. The molecule has 126 valence electrons. The highest BCUT2D eigenvalue weighted by Gasteiger charge is 2.16. The number of aromatic nitrogens is 1. The summed E-state index contributed by atoms with van der Waals surface area (Å²) in [6.45, 7) is 6.16. The van der Waals surface area contributed by atoms with Gasteiger partial charge >= 0.3 is 0 Å². The molecular formula is C21H21N3O. The first-order valence-corrected chi connectivity index (χ1v) is 8.36. The number of hydrogen-bond acceptors (Lipinski definition) is 3. The maximum absolute atomic E-state index is 12.6. The van der Waals surface area contributed by atoms with Crippen molar-refractivity contribution < 1.29 is 4.79 Å². The highest BCUT2D eigenvalue weighted by Crippen LogP contribution is 2.31. The van der Waals surface area contributed by atoms with Crippen LogP contribution in [-0.4, -0.2) is 17.4 Å². The number of nitrogens with zero attached hydrogens (tertiary/aromatic N) is 1. The van der Waals surface area contributed by atoms with Crippen LogP contribution in [0.2, 0.25) is 0 Å². The van der Waals surface area contributed by atoms with Crippen LogP contribution in [0.25, 0.3) is 10.9 Å². The van der Waals surface area contributed by atoms with Gasteiger partial charge < -0.3 is 10.6 Å². The van der Waals surface area contributed by atoms with E-state index in [-0.39, 0.29) is 5.91 Å². The fourth-order valence-electron chi connectivity index (χ4n) is 2.80. The molecule has 0 radical (unpaired) electrons. The van der Waals surface area contributed by atoms with E-state index in [1.165, 1.54) is 0 Å². The molecule has 0 aliphatic rings. The second-order valence-corrected chi connectivity index (χ2v) is 5.70. The van der Waals surface area contributed by atoms with Gasteiger partial charge in [0.1, 0.15) is 0 Å². The van der Waals surface area contributed by atoms with Gasteiger partial charge in [0.2, 0.25) is 0 Å². The zero-order chi connectivity index (χ0) is 17.6. The molecule has 0 aliphatic heterocycles. The summed E-state index contributed by atoms with van der Waals surface area (Å²) >= 11 is 0. The number of carbonyl (C=O) groups is 1. The van der Waals surface area contributed by atoms with Crippen LogP contribution in [0.4, 0.5) is 11.4 Å². The molecule has 3 rings (SSSR count). The molecule has 0 unspecified atom stereocenters. The number of fused-ring (bicyclic) bond motifs is 1. The summed E-state index contributed by atoms with van der Waals surface area (Å²) in [5.41, 5.74) is 4.30. The minimum atomic E-state index is -0.172. The van der Waals surface area contributed by atoms with E-state index < -0.39 is 0 Å². The van der Waals surface area contributed by atoms with Crippen LogP contribution < -0.4 is 10.6 Å². The van der Waals surface area contributed by atoms with Crippen molar-refractivity contribution in [2.75, 3.05) is 11.9 Å². The van der Waals surface area contributed by atoms with E-state index in [0.29, 0.717) is 12.1 Å². The zero-order valence-electron chi connectivity index (χ0n) is 14.3. The monoisotopic (exact) mass is 331 g/mol. The Balaban J connectivity index is 2.16. The number of amides is 1. The van der Waals surface area contributed by atoms with Crippen LogP contribution in [-0.2, 0) is 6.42 Å². The molecule has 0 atom stereocenters. The Bertz CT molecular complexity index is 904. The van der Waals surface area contributed by atoms with Gasteiger partial charge in [0.05, 0.1) is 16.8 Å². The Hall–Kier alpha value is -3.14. The molecular weight excluding hydrogens is 310 g/mol. The van der Waals surface area contributed by atoms with Gasteiger partial charge in [-0.2, -0.15) is 0 Å². The number of carbonyl (C=O) groups excluding carboxylic acids is 1. The maximum atomic E-state index is 12.6. The quantitative estimate of drug-likeness (QED) is 0.656. The molecule has 1 amide bonds. The largest absolute Gasteiger partial charge is 0.354 e. The molecule has 2 N–H and O–H groups in total. The molecule has 0 spiro atoms. The van der Waals surface area contributed by atoms with Crippen molar-refractivity contribution in [2.45, 2.75) is 13.3 Å². The SMILES string of the molecule is C=CCNC(=O)c1cnc2c(CC)cccc2c1Nc1ccccc1. The first kappa shape index (κ1) is 16.7. The summed E-state index contributed by atoms with van der Waals surface area (Å²) in [4.78, 5) is 17.1. The lowest BCUT2D eigenvalue weighted by Gasteiger charge is -2.15. The van der Waals surface area contributed by atoms with Crippen molar-refractivity contribution in [1.29, 1.82) is 0 Å². The molecule has 0 fully saturated rings. The molecule has 4 heteroatoms. The number of para-hydroxylation sites is 2. The summed E-state index contributed by atoms with van der Waals surface area (Å²) < 4.78 is 0. The fourth-order valence-corrected chi connectivity index (χ4v) is 2.80. The van der Waals surface area contributed by atoms with Gasteiger partial charge in [0.15, 0.2) is 0 Å². The standard InChI is InChI=1S/C21H21N3O/c1-3-13-22-21(25)18-14-23-19-15(4-2)9-8-12-17(19)20(18)24-16-10-6-5-7-11-16/h3,5-12,14H,1,4,13H2,2H3,(H,22,25)(H,23,24). The normalized spacial score (nSPS) is 10.4. The highest BCUT2D eigenvalue weighted by molar-refractivity contribution is 6.08. The number of pyridine rings is 1. The third-order valence-electron chi connectivity index (χ3n) is 4.06. The average molecular weight is 331 g/mol. The first-order valence-electron chi connectivity index (χ1n) is 8.36. The molecule has 2 aromatic carbocycles. The van der Waals surface area contributed by atoms with Crippen molar-refractivity contribution in [3.05, 3.63) is 78.5 Å². The van der Waals surface area contributed by atoms with Crippen LogP contribution in [0.1, 0.15) is 22.8 Å². The number of benzene rings is 2. The van der Waals surface area contributed by atoms with Crippen LogP contribution >= 0.6 is 0 Å². The number of aryl methyl sites for hydroxylation is 1. The van der Waals surface area contributed by atoms with Crippen LogP contribution in [0.5, 0.6) is 0 Å². The number of nitrogens with one attached hydrogen (secondary N) is 2. The zero-order valence-corrected chi connectivity index (χ0v) is 14.3. The molecule has 0 aliphatic carbocycles. The molecule has 1 heterocycles. The summed E-state index contributed by atoms with van der Waals surface area (Å²) in [7, 11) is 0. The van der Waals surface area contributed by atoms with E-state index in [9.17, 15) is 4.79 Å².